The molecule has 4 rings (SSSR count). The highest BCUT2D eigenvalue weighted by Gasteiger charge is 2.34. The Kier molecular flexibility index (Phi) is 8.44. The van der Waals surface area contributed by atoms with Crippen LogP contribution in [0.2, 0.25) is 0 Å². The molecule has 2 aliphatic rings. The molecule has 8 nitrogen and oxygen atoms in total. The maximum Gasteiger partial charge on any atom is 0.338 e. The number of carbonyl (C=O) groups is 3. The van der Waals surface area contributed by atoms with Crippen LogP contribution >= 0.6 is 12.4 Å². The second kappa shape index (κ2) is 11.0. The Hall–Kier alpha value is -2.94. The standard InChI is InChI=1S/C27H34N4O4.ClH/c1-27(2,3)35-26(34)18-9-11-19(12-10-18)28-25(33)24-21-7-6-8-22(20(21)13-14-30(24)5)31-16-15-29(4)17-23(31)32;/h6-12,24H,13-17H2,1-5H3,(H,28,33);1H. The van der Waals surface area contributed by atoms with Gasteiger partial charge in [0.25, 0.3) is 0 Å². The van der Waals surface area contributed by atoms with E-state index >= 15 is 0 Å². The van der Waals surface area contributed by atoms with E-state index in [0.29, 0.717) is 30.9 Å². The smallest absolute Gasteiger partial charge is 0.338 e. The monoisotopic (exact) mass is 514 g/mol. The van der Waals surface area contributed by atoms with Crippen LogP contribution in [-0.4, -0.2) is 73.5 Å². The first kappa shape index (κ1) is 27.6. The molecule has 194 valence electrons. The minimum Gasteiger partial charge on any atom is -0.456 e. The van der Waals surface area contributed by atoms with Crippen LogP contribution in [0.25, 0.3) is 0 Å². The average Bonchev–Trinajstić information content (AvgIpc) is 2.78. The van der Waals surface area contributed by atoms with E-state index < -0.39 is 17.6 Å². The van der Waals surface area contributed by atoms with Crippen molar-refractivity contribution in [1.29, 1.82) is 0 Å². The van der Waals surface area contributed by atoms with Crippen molar-refractivity contribution in [3.63, 3.8) is 0 Å². The number of halogens is 1. The van der Waals surface area contributed by atoms with Gasteiger partial charge in [-0.05, 0) is 82.7 Å². The van der Waals surface area contributed by atoms with Crippen LogP contribution in [0.3, 0.4) is 0 Å². The predicted molar refractivity (Wildman–Crippen MR) is 143 cm³/mol. The lowest BCUT2D eigenvalue weighted by Crippen LogP contribution is -2.49. The number of hydrogen-bond donors (Lipinski definition) is 1. The molecule has 2 aromatic carbocycles. The molecular formula is C27H35ClN4O4. The van der Waals surface area contributed by atoms with E-state index in [-0.39, 0.29) is 24.2 Å². The van der Waals surface area contributed by atoms with Crippen LogP contribution < -0.4 is 10.2 Å². The molecule has 0 bridgehead atoms. The van der Waals surface area contributed by atoms with Crippen LogP contribution in [0.4, 0.5) is 11.4 Å². The molecule has 1 saturated heterocycles. The molecule has 1 atom stereocenters. The number of hydrogen-bond acceptors (Lipinski definition) is 6. The molecule has 0 radical (unpaired) electrons. The Balaban J connectivity index is 0.00000361. The van der Waals surface area contributed by atoms with Gasteiger partial charge in [0.2, 0.25) is 11.8 Å². The van der Waals surface area contributed by atoms with Crippen LogP contribution in [0, 0.1) is 0 Å². The van der Waals surface area contributed by atoms with Gasteiger partial charge in [0, 0.05) is 31.0 Å². The van der Waals surface area contributed by atoms with Gasteiger partial charge in [-0.1, -0.05) is 12.1 Å². The molecule has 1 unspecified atom stereocenters. The Bertz CT molecular complexity index is 1130. The SMILES string of the molecule is CN1CCN(c2cccc3c2CCN(C)C3C(=O)Nc2ccc(C(=O)OC(C)(C)C)cc2)C(=O)C1.Cl. The minimum atomic E-state index is -0.573. The number of anilines is 2. The van der Waals surface area contributed by atoms with Crippen LogP contribution in [0.5, 0.6) is 0 Å². The van der Waals surface area contributed by atoms with Crippen molar-refractivity contribution in [1.82, 2.24) is 9.80 Å². The zero-order valence-electron chi connectivity index (χ0n) is 21.5. The number of likely N-dealkylation sites (N-methyl/N-ethyl adjacent to an activating group) is 2. The van der Waals surface area contributed by atoms with Crippen molar-refractivity contribution in [2.75, 3.05) is 50.5 Å². The van der Waals surface area contributed by atoms with Gasteiger partial charge in [-0.25, -0.2) is 4.79 Å². The van der Waals surface area contributed by atoms with Crippen LogP contribution in [-0.2, 0) is 20.7 Å². The van der Waals surface area contributed by atoms with Gasteiger partial charge in [0.05, 0.1) is 12.1 Å². The third-order valence-corrected chi connectivity index (χ3v) is 6.38. The fraction of sp³-hybridized carbons (Fsp3) is 0.444. The highest BCUT2D eigenvalue weighted by atomic mass is 35.5. The van der Waals surface area contributed by atoms with E-state index in [9.17, 15) is 14.4 Å². The lowest BCUT2D eigenvalue weighted by molar-refractivity contribution is -0.121. The number of piperazine rings is 1. The Morgan fingerprint density at radius 2 is 1.69 bits per heavy atom. The van der Waals surface area contributed by atoms with Crippen molar-refractivity contribution in [3.05, 3.63) is 59.2 Å². The maximum absolute atomic E-state index is 13.4. The molecule has 0 spiro atoms. The molecule has 1 fully saturated rings. The zero-order chi connectivity index (χ0) is 25.3. The number of fused-ring (bicyclic) bond motifs is 1. The highest BCUT2D eigenvalue weighted by Crippen LogP contribution is 2.36. The number of rotatable bonds is 4. The zero-order valence-corrected chi connectivity index (χ0v) is 22.4. The molecule has 2 amide bonds. The van der Waals surface area contributed by atoms with Gasteiger partial charge in [-0.15, -0.1) is 12.4 Å². The maximum atomic E-state index is 13.4. The van der Waals surface area contributed by atoms with Gasteiger partial charge < -0.3 is 15.0 Å². The Morgan fingerprint density at radius 1 is 1.00 bits per heavy atom. The number of carbonyl (C=O) groups excluding carboxylic acids is 3. The summed E-state index contributed by atoms with van der Waals surface area (Å²) in [5.74, 6) is -0.472. The first-order valence-electron chi connectivity index (χ1n) is 12.0. The van der Waals surface area contributed by atoms with Gasteiger partial charge >= 0.3 is 5.97 Å². The summed E-state index contributed by atoms with van der Waals surface area (Å²) in [6.07, 6.45) is 0.774. The lowest BCUT2D eigenvalue weighted by Gasteiger charge is -2.38. The summed E-state index contributed by atoms with van der Waals surface area (Å²) < 4.78 is 5.40. The Labute approximate surface area is 219 Å². The van der Waals surface area contributed by atoms with E-state index in [1.165, 1.54) is 0 Å². The molecule has 1 N–H and O–H groups in total. The molecule has 0 saturated carbocycles. The number of ether oxygens (including phenoxy) is 1. The van der Waals surface area contributed by atoms with Gasteiger partial charge in [-0.2, -0.15) is 0 Å². The molecular weight excluding hydrogens is 480 g/mol. The van der Waals surface area contributed by atoms with Crippen molar-refractivity contribution < 1.29 is 19.1 Å². The molecule has 2 heterocycles. The molecule has 2 aromatic rings. The molecule has 2 aliphatic heterocycles. The quantitative estimate of drug-likeness (QED) is 0.629. The fourth-order valence-electron chi connectivity index (χ4n) is 4.65. The van der Waals surface area contributed by atoms with E-state index in [0.717, 1.165) is 29.8 Å². The van der Waals surface area contributed by atoms with E-state index in [2.05, 4.69) is 5.32 Å². The summed E-state index contributed by atoms with van der Waals surface area (Å²) in [6, 6.07) is 12.1. The number of benzene rings is 2. The first-order valence-corrected chi connectivity index (χ1v) is 12.0. The first-order chi connectivity index (χ1) is 16.5. The van der Waals surface area contributed by atoms with E-state index in [1.807, 2.05) is 67.8 Å². The summed E-state index contributed by atoms with van der Waals surface area (Å²) in [7, 11) is 3.89. The number of nitrogens with one attached hydrogen (secondary N) is 1. The van der Waals surface area contributed by atoms with Crippen molar-refractivity contribution in [3.8, 4) is 0 Å². The minimum absolute atomic E-state index is 0. The van der Waals surface area contributed by atoms with Crippen molar-refractivity contribution >= 4 is 41.6 Å². The fourth-order valence-corrected chi connectivity index (χ4v) is 4.65. The lowest BCUT2D eigenvalue weighted by atomic mass is 9.90. The van der Waals surface area contributed by atoms with Crippen LogP contribution in [0.1, 0.15) is 48.3 Å². The Morgan fingerprint density at radius 3 is 2.33 bits per heavy atom. The number of amides is 2. The second-order valence-electron chi connectivity index (χ2n) is 10.3. The van der Waals surface area contributed by atoms with Crippen LogP contribution in [0.15, 0.2) is 42.5 Å². The van der Waals surface area contributed by atoms with Crippen molar-refractivity contribution in [2.24, 2.45) is 0 Å². The van der Waals surface area contributed by atoms with E-state index in [4.69, 9.17) is 4.74 Å². The summed E-state index contributed by atoms with van der Waals surface area (Å²) in [6.45, 7) is 8.03. The number of esters is 1. The summed E-state index contributed by atoms with van der Waals surface area (Å²) >= 11 is 0. The van der Waals surface area contributed by atoms with Gasteiger partial charge in [0.15, 0.2) is 0 Å². The summed E-state index contributed by atoms with van der Waals surface area (Å²) in [5.41, 5.74) is 3.35. The molecule has 9 heteroatoms. The topological polar surface area (TPSA) is 82.2 Å². The third kappa shape index (κ3) is 6.06. The second-order valence-corrected chi connectivity index (χ2v) is 10.3. The predicted octanol–water partition coefficient (Wildman–Crippen LogP) is 3.51. The number of nitrogens with zero attached hydrogens (tertiary/aromatic N) is 3. The summed E-state index contributed by atoms with van der Waals surface area (Å²) in [5, 5.41) is 2.99. The van der Waals surface area contributed by atoms with E-state index in [1.54, 1.807) is 24.3 Å². The third-order valence-electron chi connectivity index (χ3n) is 6.38. The van der Waals surface area contributed by atoms with Gasteiger partial charge in [-0.3, -0.25) is 19.4 Å². The molecule has 0 aromatic heterocycles. The molecule has 0 aliphatic carbocycles. The molecule has 36 heavy (non-hydrogen) atoms. The normalized spacial score (nSPS) is 18.8. The summed E-state index contributed by atoms with van der Waals surface area (Å²) in [4.78, 5) is 44.3. The largest absolute Gasteiger partial charge is 0.456 e. The van der Waals surface area contributed by atoms with Crippen molar-refractivity contribution in [2.45, 2.75) is 38.8 Å². The highest BCUT2D eigenvalue weighted by molar-refractivity contribution is 5.99. The average molecular weight is 515 g/mol. The van der Waals surface area contributed by atoms with Gasteiger partial charge in [0.1, 0.15) is 11.6 Å².